The molecule has 6 heteroatoms. The van der Waals surface area contributed by atoms with Crippen LogP contribution in [0.3, 0.4) is 0 Å². The number of nitrogens with zero attached hydrogens (tertiary/aromatic N) is 2. The quantitative estimate of drug-likeness (QED) is 0.791. The summed E-state index contributed by atoms with van der Waals surface area (Å²) in [4.78, 5) is 19.5. The number of benzene rings is 1. The Labute approximate surface area is 124 Å². The van der Waals surface area contributed by atoms with Crippen molar-refractivity contribution < 1.29 is 9.90 Å². The van der Waals surface area contributed by atoms with E-state index >= 15 is 0 Å². The molecule has 0 saturated carbocycles. The maximum absolute atomic E-state index is 11.2. The van der Waals surface area contributed by atoms with Crippen LogP contribution in [0.5, 0.6) is 0 Å². The summed E-state index contributed by atoms with van der Waals surface area (Å²) in [7, 11) is 0. The molecule has 0 spiro atoms. The topological polar surface area (TPSA) is 75.1 Å². The summed E-state index contributed by atoms with van der Waals surface area (Å²) in [6, 6.07) is 5.18. The van der Waals surface area contributed by atoms with Crippen molar-refractivity contribution in [1.82, 2.24) is 9.97 Å². The van der Waals surface area contributed by atoms with Gasteiger partial charge >= 0.3 is 5.97 Å². The number of hydrogen-bond donors (Lipinski definition) is 2. The largest absolute Gasteiger partial charge is 0.480 e. The van der Waals surface area contributed by atoms with Crippen molar-refractivity contribution in [2.45, 2.75) is 25.8 Å². The molecule has 0 aliphatic heterocycles. The summed E-state index contributed by atoms with van der Waals surface area (Å²) >= 11 is 2.21. The van der Waals surface area contributed by atoms with Gasteiger partial charge in [-0.2, -0.15) is 0 Å². The highest BCUT2D eigenvalue weighted by Crippen LogP contribution is 2.22. The van der Waals surface area contributed by atoms with E-state index in [0.29, 0.717) is 12.2 Å². The van der Waals surface area contributed by atoms with Crippen LogP contribution in [0.2, 0.25) is 0 Å². The van der Waals surface area contributed by atoms with Gasteiger partial charge in [0.2, 0.25) is 0 Å². The van der Waals surface area contributed by atoms with E-state index in [1.165, 1.54) is 6.33 Å². The third-order valence-electron chi connectivity index (χ3n) is 2.78. The van der Waals surface area contributed by atoms with Crippen LogP contribution in [0.15, 0.2) is 24.5 Å². The predicted molar refractivity (Wildman–Crippen MR) is 82.2 cm³/mol. The number of anilines is 1. The number of aliphatic carboxylic acids is 1. The fraction of sp³-hybridized carbons (Fsp3) is 0.308. The summed E-state index contributed by atoms with van der Waals surface area (Å²) in [5.74, 6) is -0.288. The first kappa shape index (κ1) is 14.0. The predicted octanol–water partition coefficient (Wildman–Crippen LogP) is 2.90. The maximum Gasteiger partial charge on any atom is 0.326 e. The summed E-state index contributed by atoms with van der Waals surface area (Å²) in [6.07, 6.45) is 2.80. The molecule has 0 fully saturated rings. The van der Waals surface area contributed by atoms with Crippen molar-refractivity contribution in [2.75, 3.05) is 5.32 Å². The molecule has 1 aromatic carbocycles. The molecule has 100 valence electrons. The molecule has 19 heavy (non-hydrogen) atoms. The summed E-state index contributed by atoms with van der Waals surface area (Å²) in [5.41, 5.74) is 0.804. The number of carbonyl (C=O) groups is 1. The van der Waals surface area contributed by atoms with Crippen LogP contribution in [0.4, 0.5) is 5.82 Å². The number of fused-ring (bicyclic) bond motifs is 1. The van der Waals surface area contributed by atoms with E-state index in [2.05, 4.69) is 37.9 Å². The minimum absolute atomic E-state index is 0.560. The lowest BCUT2D eigenvalue weighted by Crippen LogP contribution is -2.29. The minimum Gasteiger partial charge on any atom is -0.480 e. The van der Waals surface area contributed by atoms with E-state index in [-0.39, 0.29) is 0 Å². The molecule has 0 bridgehead atoms. The normalized spacial score (nSPS) is 12.3. The molecule has 1 aromatic heterocycles. The van der Waals surface area contributed by atoms with Crippen LogP contribution in [-0.2, 0) is 4.79 Å². The van der Waals surface area contributed by atoms with Crippen molar-refractivity contribution in [1.29, 1.82) is 0 Å². The Balaban J connectivity index is 2.38. The van der Waals surface area contributed by atoms with E-state index in [1.807, 2.05) is 25.1 Å². The molecule has 1 atom stereocenters. The van der Waals surface area contributed by atoms with E-state index in [0.717, 1.165) is 20.9 Å². The second kappa shape index (κ2) is 6.14. The number of aromatic nitrogens is 2. The van der Waals surface area contributed by atoms with Crippen molar-refractivity contribution >= 4 is 45.3 Å². The Morgan fingerprint density at radius 3 is 2.95 bits per heavy atom. The van der Waals surface area contributed by atoms with Crippen LogP contribution in [0.25, 0.3) is 10.9 Å². The van der Waals surface area contributed by atoms with Gasteiger partial charge in [-0.25, -0.2) is 14.8 Å². The molecule has 2 N–H and O–H groups in total. The third-order valence-corrected chi connectivity index (χ3v) is 3.45. The molecular formula is C13H14IN3O2. The van der Waals surface area contributed by atoms with E-state index in [9.17, 15) is 9.90 Å². The molecule has 2 rings (SSSR count). The first-order chi connectivity index (χ1) is 9.11. The van der Waals surface area contributed by atoms with Crippen LogP contribution >= 0.6 is 22.6 Å². The minimum atomic E-state index is -0.862. The zero-order valence-electron chi connectivity index (χ0n) is 10.4. The van der Waals surface area contributed by atoms with E-state index in [1.54, 1.807) is 0 Å². The lowest BCUT2D eigenvalue weighted by Gasteiger charge is -2.15. The van der Waals surface area contributed by atoms with Crippen LogP contribution in [0.1, 0.15) is 19.8 Å². The van der Waals surface area contributed by atoms with Gasteiger partial charge in [-0.15, -0.1) is 0 Å². The Kier molecular flexibility index (Phi) is 4.52. The molecule has 1 unspecified atom stereocenters. The number of halogens is 1. The van der Waals surface area contributed by atoms with E-state index in [4.69, 9.17) is 0 Å². The van der Waals surface area contributed by atoms with Gasteiger partial charge in [-0.05, 0) is 47.2 Å². The third kappa shape index (κ3) is 3.31. The standard InChI is InChI=1S/C13H14IN3O2/c1-2-3-11(13(18)19)17-12-9-6-8(14)4-5-10(9)15-7-16-12/h4-7,11H,2-3H2,1H3,(H,18,19)(H,15,16,17). The van der Waals surface area contributed by atoms with Gasteiger partial charge in [-0.3, -0.25) is 0 Å². The second-order valence-corrected chi connectivity index (χ2v) is 5.45. The molecule has 0 saturated heterocycles. The summed E-state index contributed by atoms with van der Waals surface area (Å²) < 4.78 is 1.06. The lowest BCUT2D eigenvalue weighted by molar-refractivity contribution is -0.138. The monoisotopic (exact) mass is 371 g/mol. The van der Waals surface area contributed by atoms with E-state index < -0.39 is 12.0 Å². The SMILES string of the molecule is CCCC(Nc1ncnc2ccc(I)cc12)C(=O)O. The average Bonchev–Trinajstić information content (AvgIpc) is 2.38. The summed E-state index contributed by atoms with van der Waals surface area (Å²) in [6.45, 7) is 1.96. The first-order valence-corrected chi connectivity index (χ1v) is 7.09. The number of rotatable bonds is 5. The molecule has 0 aliphatic rings. The Morgan fingerprint density at radius 1 is 1.47 bits per heavy atom. The fourth-order valence-electron chi connectivity index (χ4n) is 1.85. The Hall–Kier alpha value is -1.44. The Morgan fingerprint density at radius 2 is 2.26 bits per heavy atom. The van der Waals surface area contributed by atoms with Crippen molar-refractivity contribution in [3.8, 4) is 0 Å². The molecular weight excluding hydrogens is 357 g/mol. The molecule has 0 radical (unpaired) electrons. The van der Waals surface area contributed by atoms with Gasteiger partial charge in [0.25, 0.3) is 0 Å². The lowest BCUT2D eigenvalue weighted by atomic mass is 10.1. The molecule has 2 aromatic rings. The average molecular weight is 371 g/mol. The Bertz CT molecular complexity index is 603. The van der Waals surface area contributed by atoms with Crippen molar-refractivity contribution in [3.63, 3.8) is 0 Å². The van der Waals surface area contributed by atoms with Gasteiger partial charge in [0.15, 0.2) is 0 Å². The van der Waals surface area contributed by atoms with Gasteiger partial charge in [0, 0.05) is 8.96 Å². The molecule has 0 aliphatic carbocycles. The number of hydrogen-bond acceptors (Lipinski definition) is 4. The number of carboxylic acid groups (broad SMARTS) is 1. The highest BCUT2D eigenvalue weighted by atomic mass is 127. The fourth-order valence-corrected chi connectivity index (χ4v) is 2.35. The second-order valence-electron chi connectivity index (χ2n) is 4.21. The maximum atomic E-state index is 11.2. The van der Waals surface area contributed by atoms with Crippen LogP contribution in [0, 0.1) is 3.57 Å². The van der Waals surface area contributed by atoms with Crippen molar-refractivity contribution in [3.05, 3.63) is 28.1 Å². The van der Waals surface area contributed by atoms with Gasteiger partial charge in [-0.1, -0.05) is 13.3 Å². The zero-order valence-corrected chi connectivity index (χ0v) is 12.6. The number of nitrogens with one attached hydrogen (secondary N) is 1. The summed E-state index contributed by atoms with van der Waals surface area (Å²) in [5, 5.41) is 13.0. The van der Waals surface area contributed by atoms with Gasteiger partial charge < -0.3 is 10.4 Å². The zero-order chi connectivity index (χ0) is 13.8. The highest BCUT2D eigenvalue weighted by Gasteiger charge is 2.17. The van der Waals surface area contributed by atoms with Crippen LogP contribution in [-0.4, -0.2) is 27.1 Å². The number of carboxylic acids is 1. The molecule has 0 amide bonds. The first-order valence-electron chi connectivity index (χ1n) is 6.01. The van der Waals surface area contributed by atoms with Gasteiger partial charge in [0.05, 0.1) is 5.52 Å². The highest BCUT2D eigenvalue weighted by molar-refractivity contribution is 14.1. The van der Waals surface area contributed by atoms with Crippen molar-refractivity contribution in [2.24, 2.45) is 0 Å². The molecule has 1 heterocycles. The van der Waals surface area contributed by atoms with Gasteiger partial charge in [0.1, 0.15) is 18.2 Å². The molecule has 5 nitrogen and oxygen atoms in total. The van der Waals surface area contributed by atoms with Crippen LogP contribution < -0.4 is 5.32 Å². The smallest absolute Gasteiger partial charge is 0.326 e.